The molecule has 1 aliphatic rings. The second-order valence-corrected chi connectivity index (χ2v) is 5.25. The summed E-state index contributed by atoms with van der Waals surface area (Å²) >= 11 is 5.83. The van der Waals surface area contributed by atoms with Crippen LogP contribution in [0.4, 0.5) is 4.39 Å². The molecule has 1 unspecified atom stereocenters. The van der Waals surface area contributed by atoms with Crippen molar-refractivity contribution in [1.29, 1.82) is 0 Å². The minimum atomic E-state index is -0.180. The Kier molecular flexibility index (Phi) is 3.53. The summed E-state index contributed by atoms with van der Waals surface area (Å²) in [6.45, 7) is 2.83. The molecule has 1 aromatic heterocycles. The van der Waals surface area contributed by atoms with Crippen molar-refractivity contribution in [3.8, 4) is 0 Å². The first-order valence-electron chi connectivity index (χ1n) is 6.40. The highest BCUT2D eigenvalue weighted by molar-refractivity contribution is 6.30. The van der Waals surface area contributed by atoms with Crippen LogP contribution in [0.2, 0.25) is 5.02 Å². The van der Waals surface area contributed by atoms with Crippen LogP contribution >= 0.6 is 11.6 Å². The Morgan fingerprint density at radius 1 is 1.26 bits per heavy atom. The van der Waals surface area contributed by atoms with Crippen LogP contribution in [0.25, 0.3) is 0 Å². The largest absolute Gasteiger partial charge is 0.294 e. The van der Waals surface area contributed by atoms with E-state index in [-0.39, 0.29) is 5.82 Å². The molecule has 0 bridgehead atoms. The van der Waals surface area contributed by atoms with Crippen LogP contribution in [-0.2, 0) is 6.54 Å². The molecular formula is C14H15ClFN3. The molecule has 100 valence electrons. The van der Waals surface area contributed by atoms with Gasteiger partial charge in [-0.2, -0.15) is 5.10 Å². The average Bonchev–Trinajstić information content (AvgIpc) is 2.77. The van der Waals surface area contributed by atoms with Crippen LogP contribution in [0.5, 0.6) is 0 Å². The summed E-state index contributed by atoms with van der Waals surface area (Å²) < 4.78 is 14.8. The molecule has 2 heterocycles. The summed E-state index contributed by atoms with van der Waals surface area (Å²) in [6.07, 6.45) is 4.61. The van der Waals surface area contributed by atoms with Gasteiger partial charge < -0.3 is 0 Å². The van der Waals surface area contributed by atoms with Crippen LogP contribution in [-0.4, -0.2) is 27.8 Å². The van der Waals surface area contributed by atoms with E-state index in [1.54, 1.807) is 6.20 Å². The molecular weight excluding hydrogens is 265 g/mol. The van der Waals surface area contributed by atoms with Gasteiger partial charge >= 0.3 is 0 Å². The third-order valence-corrected chi connectivity index (χ3v) is 3.80. The van der Waals surface area contributed by atoms with Crippen LogP contribution in [0.15, 0.2) is 36.7 Å². The van der Waals surface area contributed by atoms with Crippen LogP contribution in [0.3, 0.4) is 0 Å². The fraction of sp³-hybridized carbons (Fsp3) is 0.357. The third-order valence-electron chi connectivity index (χ3n) is 3.60. The monoisotopic (exact) mass is 279 g/mol. The molecule has 0 amide bonds. The molecule has 0 aliphatic carbocycles. The van der Waals surface area contributed by atoms with Crippen molar-refractivity contribution in [2.24, 2.45) is 0 Å². The van der Waals surface area contributed by atoms with E-state index >= 15 is 0 Å². The summed E-state index contributed by atoms with van der Waals surface area (Å²) in [7, 11) is 0. The first kappa shape index (κ1) is 12.6. The van der Waals surface area contributed by atoms with Crippen LogP contribution in [0.1, 0.15) is 18.0 Å². The molecule has 1 aromatic carbocycles. The Morgan fingerprint density at radius 2 is 2.05 bits per heavy atom. The Hall–Kier alpha value is -1.39. The van der Waals surface area contributed by atoms with E-state index in [1.807, 2.05) is 23.0 Å². The second kappa shape index (κ2) is 5.31. The smallest absolute Gasteiger partial charge is 0.123 e. The molecule has 1 saturated heterocycles. The zero-order valence-corrected chi connectivity index (χ0v) is 11.2. The normalized spacial score (nSPS) is 19.4. The van der Waals surface area contributed by atoms with Crippen molar-refractivity contribution in [3.63, 3.8) is 0 Å². The molecule has 19 heavy (non-hydrogen) atoms. The van der Waals surface area contributed by atoms with Gasteiger partial charge in [-0.1, -0.05) is 23.7 Å². The summed E-state index contributed by atoms with van der Waals surface area (Å²) in [5, 5.41) is 4.83. The third kappa shape index (κ3) is 2.80. The van der Waals surface area contributed by atoms with Gasteiger partial charge in [-0.15, -0.1) is 0 Å². The first-order chi connectivity index (χ1) is 9.22. The summed E-state index contributed by atoms with van der Waals surface area (Å²) in [6, 6.07) is 7.21. The maximum absolute atomic E-state index is 12.9. The second-order valence-electron chi connectivity index (χ2n) is 4.81. The fourth-order valence-electron chi connectivity index (χ4n) is 2.46. The number of aromatic nitrogens is 2. The lowest BCUT2D eigenvalue weighted by Gasteiger charge is -2.41. The predicted molar refractivity (Wildman–Crippen MR) is 72.6 cm³/mol. The minimum Gasteiger partial charge on any atom is -0.294 e. The van der Waals surface area contributed by atoms with E-state index in [0.717, 1.165) is 26.1 Å². The number of likely N-dealkylation sites (tertiary alicyclic amines) is 1. The SMILES string of the molecule is Fc1ccc(C2CCN2CCn2cc(Cl)cn2)cc1. The van der Waals surface area contributed by atoms with Crippen molar-refractivity contribution in [2.75, 3.05) is 13.1 Å². The Bertz CT molecular complexity index is 552. The van der Waals surface area contributed by atoms with Crippen LogP contribution < -0.4 is 0 Å². The minimum absolute atomic E-state index is 0.180. The van der Waals surface area contributed by atoms with Gasteiger partial charge in [0, 0.05) is 25.3 Å². The zero-order chi connectivity index (χ0) is 13.2. The van der Waals surface area contributed by atoms with E-state index < -0.39 is 0 Å². The maximum Gasteiger partial charge on any atom is 0.123 e. The Morgan fingerprint density at radius 3 is 2.63 bits per heavy atom. The Labute approximate surface area is 116 Å². The topological polar surface area (TPSA) is 21.1 Å². The fourth-order valence-corrected chi connectivity index (χ4v) is 2.62. The number of rotatable bonds is 4. The molecule has 1 fully saturated rings. The van der Waals surface area contributed by atoms with Crippen LogP contribution in [0, 0.1) is 5.82 Å². The number of halogens is 2. The lowest BCUT2D eigenvalue weighted by molar-refractivity contribution is 0.0850. The van der Waals surface area contributed by atoms with E-state index in [9.17, 15) is 4.39 Å². The molecule has 3 nitrogen and oxygen atoms in total. The predicted octanol–water partition coefficient (Wildman–Crippen LogP) is 3.12. The van der Waals surface area contributed by atoms with E-state index in [1.165, 1.54) is 17.7 Å². The van der Waals surface area contributed by atoms with Gasteiger partial charge in [0.1, 0.15) is 5.82 Å². The first-order valence-corrected chi connectivity index (χ1v) is 6.77. The van der Waals surface area contributed by atoms with Gasteiger partial charge in [0.15, 0.2) is 0 Å². The van der Waals surface area contributed by atoms with E-state index in [4.69, 9.17) is 11.6 Å². The molecule has 3 rings (SSSR count). The quantitative estimate of drug-likeness (QED) is 0.857. The van der Waals surface area contributed by atoms with E-state index in [2.05, 4.69) is 10.00 Å². The van der Waals surface area contributed by atoms with E-state index in [0.29, 0.717) is 11.1 Å². The van der Waals surface area contributed by atoms with Crippen molar-refractivity contribution in [2.45, 2.75) is 19.0 Å². The number of benzene rings is 1. The van der Waals surface area contributed by atoms with Gasteiger partial charge in [-0.3, -0.25) is 9.58 Å². The standard InChI is InChI=1S/C14H15ClFN3/c15-12-9-17-19(10-12)8-7-18-6-5-14(18)11-1-3-13(16)4-2-11/h1-4,9-10,14H,5-8H2. The van der Waals surface area contributed by atoms with Gasteiger partial charge in [-0.05, 0) is 24.1 Å². The van der Waals surface area contributed by atoms with Crippen molar-refractivity contribution in [3.05, 3.63) is 53.1 Å². The average molecular weight is 280 g/mol. The van der Waals surface area contributed by atoms with Gasteiger partial charge in [-0.25, -0.2) is 4.39 Å². The van der Waals surface area contributed by atoms with Crippen molar-refractivity contribution in [1.82, 2.24) is 14.7 Å². The molecule has 0 radical (unpaired) electrons. The summed E-state index contributed by atoms with van der Waals surface area (Å²) in [5.74, 6) is -0.180. The van der Waals surface area contributed by atoms with Crippen molar-refractivity contribution >= 4 is 11.6 Å². The lowest BCUT2D eigenvalue weighted by atomic mass is 9.95. The molecule has 1 atom stereocenters. The van der Waals surface area contributed by atoms with Crippen molar-refractivity contribution < 1.29 is 4.39 Å². The molecule has 0 N–H and O–H groups in total. The highest BCUT2D eigenvalue weighted by Gasteiger charge is 2.28. The molecule has 5 heteroatoms. The van der Waals surface area contributed by atoms with Gasteiger partial charge in [0.05, 0.1) is 17.8 Å². The van der Waals surface area contributed by atoms with Gasteiger partial charge in [0.25, 0.3) is 0 Å². The molecule has 0 saturated carbocycles. The number of hydrogen-bond donors (Lipinski definition) is 0. The number of hydrogen-bond acceptors (Lipinski definition) is 2. The summed E-state index contributed by atoms with van der Waals surface area (Å²) in [5.41, 5.74) is 1.19. The molecule has 1 aliphatic heterocycles. The zero-order valence-electron chi connectivity index (χ0n) is 10.5. The number of nitrogens with zero attached hydrogens (tertiary/aromatic N) is 3. The molecule has 0 spiro atoms. The highest BCUT2D eigenvalue weighted by atomic mass is 35.5. The lowest BCUT2D eigenvalue weighted by Crippen LogP contribution is -2.42. The Balaban J connectivity index is 1.59. The highest BCUT2D eigenvalue weighted by Crippen LogP contribution is 2.32. The van der Waals surface area contributed by atoms with Gasteiger partial charge in [0.2, 0.25) is 0 Å². The molecule has 2 aromatic rings. The maximum atomic E-state index is 12.9. The summed E-state index contributed by atoms with van der Waals surface area (Å²) in [4.78, 5) is 2.38.